The zero-order valence-electron chi connectivity index (χ0n) is 15.8. The normalized spacial score (nSPS) is 12.0. The molecular weight excluding hydrogens is 352 g/mol. The number of urea groups is 1. The smallest absolute Gasteiger partial charge is 0.375 e. The first-order chi connectivity index (χ1) is 12.8. The Morgan fingerprint density at radius 3 is 2.52 bits per heavy atom. The Balaban J connectivity index is 2.12. The summed E-state index contributed by atoms with van der Waals surface area (Å²) in [7, 11) is 0. The topological polar surface area (TPSA) is 107 Å². The van der Waals surface area contributed by atoms with Gasteiger partial charge in [0.2, 0.25) is 5.76 Å². The second-order valence-corrected chi connectivity index (χ2v) is 6.21. The lowest BCUT2D eigenvalue weighted by molar-refractivity contribution is -0.128. The number of hydrogen-bond acceptors (Lipinski definition) is 6. The Labute approximate surface area is 157 Å². The van der Waals surface area contributed by atoms with Gasteiger partial charge < -0.3 is 19.2 Å². The Morgan fingerprint density at radius 1 is 1.15 bits per heavy atom. The number of benzene rings is 1. The fraction of sp³-hybridized carbons (Fsp3) is 0.421. The molecule has 0 spiro atoms. The second kappa shape index (κ2) is 9.18. The van der Waals surface area contributed by atoms with Crippen LogP contribution in [0, 0.1) is 0 Å². The fourth-order valence-corrected chi connectivity index (χ4v) is 2.39. The number of furan rings is 1. The molecule has 8 nitrogen and oxygen atoms in total. The van der Waals surface area contributed by atoms with Crippen molar-refractivity contribution in [2.75, 3.05) is 6.61 Å². The van der Waals surface area contributed by atoms with Crippen molar-refractivity contribution in [1.29, 1.82) is 0 Å². The number of rotatable bonds is 7. The first-order valence-electron chi connectivity index (χ1n) is 8.74. The molecule has 146 valence electrons. The molecule has 1 aromatic carbocycles. The summed E-state index contributed by atoms with van der Waals surface area (Å²) in [4.78, 5) is 36.1. The van der Waals surface area contributed by atoms with E-state index in [0.29, 0.717) is 17.8 Å². The molecule has 0 aliphatic carbocycles. The third-order valence-corrected chi connectivity index (χ3v) is 3.64. The van der Waals surface area contributed by atoms with Crippen molar-refractivity contribution in [2.45, 2.75) is 46.4 Å². The summed E-state index contributed by atoms with van der Waals surface area (Å²) >= 11 is 0. The highest BCUT2D eigenvalue weighted by atomic mass is 16.6. The Kier molecular flexibility index (Phi) is 6.95. The zero-order chi connectivity index (χ0) is 20.0. The zero-order valence-corrected chi connectivity index (χ0v) is 15.8. The molecule has 2 aromatic rings. The van der Waals surface area contributed by atoms with Crippen molar-refractivity contribution in [3.8, 4) is 0 Å². The molecule has 2 rings (SSSR count). The van der Waals surface area contributed by atoms with Crippen molar-refractivity contribution in [2.24, 2.45) is 0 Å². The van der Waals surface area contributed by atoms with Gasteiger partial charge >= 0.3 is 12.0 Å². The van der Waals surface area contributed by atoms with Gasteiger partial charge in [0, 0.05) is 23.6 Å². The van der Waals surface area contributed by atoms with Crippen LogP contribution in [0.4, 0.5) is 4.79 Å². The van der Waals surface area contributed by atoms with E-state index >= 15 is 0 Å². The van der Waals surface area contributed by atoms with Gasteiger partial charge in [0.15, 0.2) is 6.10 Å². The number of hydrogen-bond donors (Lipinski definition) is 2. The Morgan fingerprint density at radius 2 is 1.85 bits per heavy atom. The van der Waals surface area contributed by atoms with Gasteiger partial charge in [0.25, 0.3) is 5.91 Å². The molecule has 3 amide bonds. The molecule has 27 heavy (non-hydrogen) atoms. The molecule has 1 aromatic heterocycles. The van der Waals surface area contributed by atoms with Gasteiger partial charge in [-0.25, -0.2) is 9.59 Å². The van der Waals surface area contributed by atoms with E-state index in [4.69, 9.17) is 13.9 Å². The molecule has 0 aliphatic heterocycles. The van der Waals surface area contributed by atoms with Crippen molar-refractivity contribution in [3.63, 3.8) is 0 Å². The van der Waals surface area contributed by atoms with E-state index in [0.717, 1.165) is 5.39 Å². The van der Waals surface area contributed by atoms with Crippen LogP contribution in [0.3, 0.4) is 0 Å². The average Bonchev–Trinajstić information content (AvgIpc) is 2.97. The Bertz CT molecular complexity index is 827. The van der Waals surface area contributed by atoms with Crippen molar-refractivity contribution >= 4 is 28.9 Å². The van der Waals surface area contributed by atoms with Gasteiger partial charge in [-0.3, -0.25) is 10.1 Å². The second-order valence-electron chi connectivity index (χ2n) is 6.21. The summed E-state index contributed by atoms with van der Waals surface area (Å²) in [6, 6.07) is 6.37. The summed E-state index contributed by atoms with van der Waals surface area (Å²) in [6.07, 6.45) is -1.18. The number of imide groups is 1. The number of carbonyl (C=O) groups excluding carboxylic acids is 3. The van der Waals surface area contributed by atoms with Crippen LogP contribution < -0.4 is 10.6 Å². The minimum atomic E-state index is -1.18. The molecule has 0 aliphatic rings. The highest BCUT2D eigenvalue weighted by Crippen LogP contribution is 2.27. The van der Waals surface area contributed by atoms with Gasteiger partial charge in [-0.1, -0.05) is 18.2 Å². The molecule has 1 atom stereocenters. The van der Waals surface area contributed by atoms with Gasteiger partial charge in [-0.15, -0.1) is 0 Å². The first-order valence-corrected chi connectivity index (χ1v) is 8.74. The lowest BCUT2D eigenvalue weighted by Crippen LogP contribution is -2.46. The number of amides is 3. The van der Waals surface area contributed by atoms with E-state index in [9.17, 15) is 14.4 Å². The number of ether oxygens (including phenoxy) is 2. The molecule has 0 saturated heterocycles. The molecule has 0 radical (unpaired) electrons. The quantitative estimate of drug-likeness (QED) is 0.720. The van der Waals surface area contributed by atoms with Crippen molar-refractivity contribution in [1.82, 2.24) is 10.6 Å². The molecule has 0 fully saturated rings. The summed E-state index contributed by atoms with van der Waals surface area (Å²) in [5.41, 5.74) is 1.08. The van der Waals surface area contributed by atoms with E-state index in [1.165, 1.54) is 6.92 Å². The van der Waals surface area contributed by atoms with E-state index in [-0.39, 0.29) is 18.4 Å². The van der Waals surface area contributed by atoms with Crippen LogP contribution in [0.1, 0.15) is 43.8 Å². The first kappa shape index (κ1) is 20.4. The maximum absolute atomic E-state index is 12.5. The highest BCUT2D eigenvalue weighted by Gasteiger charge is 2.26. The van der Waals surface area contributed by atoms with Crippen LogP contribution in [0.5, 0.6) is 0 Å². The highest BCUT2D eigenvalue weighted by molar-refractivity contribution is 6.00. The van der Waals surface area contributed by atoms with E-state index in [1.54, 1.807) is 26.0 Å². The van der Waals surface area contributed by atoms with Gasteiger partial charge in [0.1, 0.15) is 5.58 Å². The molecule has 8 heteroatoms. The number of carbonyl (C=O) groups is 3. The standard InChI is InChI=1S/C19H24N2O6/c1-5-25-10-14-13-8-6-7-9-15(13)27-16(14)18(23)26-12(4)17(22)21-19(24)20-11(2)3/h6-9,11-12H,5,10H2,1-4H3,(H2,20,21,22,24)/t12-/m1/s1. The maximum Gasteiger partial charge on any atom is 0.375 e. The van der Waals surface area contributed by atoms with Crippen molar-refractivity contribution in [3.05, 3.63) is 35.6 Å². The van der Waals surface area contributed by atoms with Gasteiger partial charge in [-0.2, -0.15) is 0 Å². The van der Waals surface area contributed by atoms with E-state index in [2.05, 4.69) is 10.6 Å². The van der Waals surface area contributed by atoms with Crippen LogP contribution in [0.25, 0.3) is 11.0 Å². The maximum atomic E-state index is 12.5. The molecule has 1 heterocycles. The average molecular weight is 376 g/mol. The fourth-order valence-electron chi connectivity index (χ4n) is 2.39. The largest absolute Gasteiger partial charge is 0.449 e. The molecular formula is C19H24N2O6. The molecule has 2 N–H and O–H groups in total. The SMILES string of the molecule is CCOCc1c(C(=O)O[C@H](C)C(=O)NC(=O)NC(C)C)oc2ccccc12. The minimum absolute atomic E-state index is 0.0177. The molecule has 0 bridgehead atoms. The molecule has 0 saturated carbocycles. The van der Waals surface area contributed by atoms with Crippen molar-refractivity contribution < 1.29 is 28.3 Å². The van der Waals surface area contributed by atoms with Crippen LogP contribution in [0.15, 0.2) is 28.7 Å². The van der Waals surface area contributed by atoms with Crippen LogP contribution in [-0.2, 0) is 20.9 Å². The number of fused-ring (bicyclic) bond motifs is 1. The number of nitrogens with one attached hydrogen (secondary N) is 2. The van der Waals surface area contributed by atoms with E-state index < -0.39 is 24.0 Å². The summed E-state index contributed by atoms with van der Waals surface area (Å²) < 4.78 is 16.2. The predicted octanol–water partition coefficient (Wildman–Crippen LogP) is 2.75. The van der Waals surface area contributed by atoms with Crippen LogP contribution in [-0.4, -0.2) is 36.7 Å². The molecule has 0 unspecified atom stereocenters. The summed E-state index contributed by atoms with van der Waals surface area (Å²) in [5, 5.41) is 5.38. The Hall–Kier alpha value is -2.87. The predicted molar refractivity (Wildman–Crippen MR) is 98.2 cm³/mol. The third-order valence-electron chi connectivity index (χ3n) is 3.64. The van der Waals surface area contributed by atoms with Crippen LogP contribution in [0.2, 0.25) is 0 Å². The number of para-hydroxylation sites is 1. The summed E-state index contributed by atoms with van der Waals surface area (Å²) in [6.45, 7) is 7.38. The van der Waals surface area contributed by atoms with Crippen LogP contribution >= 0.6 is 0 Å². The minimum Gasteiger partial charge on any atom is -0.449 e. The monoisotopic (exact) mass is 376 g/mol. The van der Waals surface area contributed by atoms with Gasteiger partial charge in [0.05, 0.1) is 6.61 Å². The lowest BCUT2D eigenvalue weighted by atomic mass is 10.1. The van der Waals surface area contributed by atoms with Gasteiger partial charge in [-0.05, 0) is 33.8 Å². The van der Waals surface area contributed by atoms with E-state index in [1.807, 2.05) is 19.1 Å². The third kappa shape index (κ3) is 5.30. The summed E-state index contributed by atoms with van der Waals surface area (Å²) in [5.74, 6) is -1.55. The lowest BCUT2D eigenvalue weighted by Gasteiger charge is -2.14. The number of esters is 1.